The van der Waals surface area contributed by atoms with E-state index in [2.05, 4.69) is 10.6 Å². The van der Waals surface area contributed by atoms with Crippen molar-refractivity contribution in [2.45, 2.75) is 0 Å². The van der Waals surface area contributed by atoms with Gasteiger partial charge in [0.1, 0.15) is 0 Å². The van der Waals surface area contributed by atoms with Gasteiger partial charge in [0.2, 0.25) is 0 Å². The Hall–Kier alpha value is -1.26. The Kier molecular flexibility index (Phi) is 4.82. The fourth-order valence-corrected chi connectivity index (χ4v) is 1.12. The van der Waals surface area contributed by atoms with E-state index in [4.69, 9.17) is 11.5 Å². The van der Waals surface area contributed by atoms with Crippen molar-refractivity contribution < 1.29 is 0 Å². The molecule has 78 valence electrons. The Labute approximate surface area is 84.7 Å². The van der Waals surface area contributed by atoms with Crippen molar-refractivity contribution in [2.75, 3.05) is 37.2 Å². The highest BCUT2D eigenvalue weighted by atomic mass is 14.9. The van der Waals surface area contributed by atoms with Crippen molar-refractivity contribution >= 4 is 11.4 Å². The third-order valence-electron chi connectivity index (χ3n) is 1.86. The molecule has 0 spiro atoms. The fourth-order valence-electron chi connectivity index (χ4n) is 1.12. The third kappa shape index (κ3) is 4.11. The molecular formula is C10H18N4. The molecule has 0 aliphatic carbocycles. The number of benzene rings is 1. The second-order valence-corrected chi connectivity index (χ2v) is 3.09. The van der Waals surface area contributed by atoms with Gasteiger partial charge in [-0.1, -0.05) is 0 Å². The van der Waals surface area contributed by atoms with E-state index >= 15 is 0 Å². The molecule has 0 saturated carbocycles. The van der Waals surface area contributed by atoms with Crippen molar-refractivity contribution in [3.63, 3.8) is 0 Å². The normalized spacial score (nSPS) is 10.1. The Balaban J connectivity index is 2.15. The number of nitrogens with one attached hydrogen (secondary N) is 2. The van der Waals surface area contributed by atoms with Gasteiger partial charge in [0.25, 0.3) is 0 Å². The third-order valence-corrected chi connectivity index (χ3v) is 1.86. The monoisotopic (exact) mass is 194 g/mol. The average molecular weight is 194 g/mol. The molecule has 0 fully saturated rings. The number of rotatable bonds is 6. The minimum Gasteiger partial charge on any atom is -0.399 e. The topological polar surface area (TPSA) is 76.1 Å². The van der Waals surface area contributed by atoms with E-state index in [1.807, 2.05) is 24.3 Å². The Morgan fingerprint density at radius 3 is 2.36 bits per heavy atom. The van der Waals surface area contributed by atoms with Gasteiger partial charge < -0.3 is 22.1 Å². The Bertz CT molecular complexity index is 245. The van der Waals surface area contributed by atoms with Crippen LogP contribution in [0, 0.1) is 0 Å². The zero-order valence-electron chi connectivity index (χ0n) is 8.29. The van der Waals surface area contributed by atoms with Gasteiger partial charge in [-0.3, -0.25) is 0 Å². The number of hydrogen-bond acceptors (Lipinski definition) is 4. The largest absolute Gasteiger partial charge is 0.399 e. The number of anilines is 2. The lowest BCUT2D eigenvalue weighted by Gasteiger charge is -2.07. The van der Waals surface area contributed by atoms with Crippen LogP contribution in [0.4, 0.5) is 11.4 Å². The fraction of sp³-hybridized carbons (Fsp3) is 0.400. The summed E-state index contributed by atoms with van der Waals surface area (Å²) in [5, 5.41) is 6.48. The summed E-state index contributed by atoms with van der Waals surface area (Å²) in [5.41, 5.74) is 12.8. The predicted octanol–water partition coefficient (Wildman–Crippen LogP) is 0.229. The molecule has 0 atom stereocenters. The molecule has 0 heterocycles. The first-order chi connectivity index (χ1) is 6.83. The highest BCUT2D eigenvalue weighted by Gasteiger charge is 1.90. The minimum absolute atomic E-state index is 0.682. The van der Waals surface area contributed by atoms with E-state index in [9.17, 15) is 0 Å². The maximum Gasteiger partial charge on any atom is 0.0342 e. The van der Waals surface area contributed by atoms with Crippen molar-refractivity contribution in [2.24, 2.45) is 5.73 Å². The standard InChI is InChI=1S/C10H18N4/c11-5-6-13-7-8-14-10-3-1-9(12)2-4-10/h1-4,13-14H,5-8,11-12H2. The van der Waals surface area contributed by atoms with Crippen LogP contribution >= 0.6 is 0 Å². The molecule has 0 amide bonds. The van der Waals surface area contributed by atoms with Gasteiger partial charge in [0.05, 0.1) is 0 Å². The van der Waals surface area contributed by atoms with Crippen LogP contribution in [0.2, 0.25) is 0 Å². The van der Waals surface area contributed by atoms with Gasteiger partial charge in [0.15, 0.2) is 0 Å². The van der Waals surface area contributed by atoms with Crippen LogP contribution in [0.3, 0.4) is 0 Å². The molecule has 4 nitrogen and oxygen atoms in total. The van der Waals surface area contributed by atoms with Crippen LogP contribution in [0.1, 0.15) is 0 Å². The summed E-state index contributed by atoms with van der Waals surface area (Å²) < 4.78 is 0. The first kappa shape index (κ1) is 10.8. The van der Waals surface area contributed by atoms with Crippen LogP contribution < -0.4 is 22.1 Å². The number of hydrogen-bond donors (Lipinski definition) is 4. The van der Waals surface area contributed by atoms with Crippen LogP contribution in [0.25, 0.3) is 0 Å². The van der Waals surface area contributed by atoms with Crippen LogP contribution in [0.15, 0.2) is 24.3 Å². The number of nitrogens with two attached hydrogens (primary N) is 2. The molecule has 1 aromatic rings. The maximum absolute atomic E-state index is 5.57. The number of nitrogen functional groups attached to an aromatic ring is 1. The van der Waals surface area contributed by atoms with E-state index in [1.165, 1.54) is 0 Å². The summed E-state index contributed by atoms with van der Waals surface area (Å²) in [4.78, 5) is 0. The molecule has 0 saturated heterocycles. The molecule has 0 aromatic heterocycles. The molecule has 0 radical (unpaired) electrons. The van der Waals surface area contributed by atoms with Gasteiger partial charge in [-0.05, 0) is 24.3 Å². The van der Waals surface area contributed by atoms with Gasteiger partial charge >= 0.3 is 0 Å². The quantitative estimate of drug-likeness (QED) is 0.386. The van der Waals surface area contributed by atoms with Crippen LogP contribution in [-0.4, -0.2) is 26.2 Å². The lowest BCUT2D eigenvalue weighted by Crippen LogP contribution is -2.27. The highest BCUT2D eigenvalue weighted by molar-refractivity contribution is 5.51. The van der Waals surface area contributed by atoms with Gasteiger partial charge in [-0.15, -0.1) is 0 Å². The molecular weight excluding hydrogens is 176 g/mol. The molecule has 6 N–H and O–H groups in total. The average Bonchev–Trinajstić information content (AvgIpc) is 2.21. The molecule has 14 heavy (non-hydrogen) atoms. The van der Waals surface area contributed by atoms with Crippen molar-refractivity contribution in [1.29, 1.82) is 0 Å². The summed E-state index contributed by atoms with van der Waals surface area (Å²) in [6.45, 7) is 3.36. The van der Waals surface area contributed by atoms with E-state index in [0.29, 0.717) is 6.54 Å². The Morgan fingerprint density at radius 1 is 1.00 bits per heavy atom. The highest BCUT2D eigenvalue weighted by Crippen LogP contribution is 2.09. The van der Waals surface area contributed by atoms with Gasteiger partial charge in [-0.2, -0.15) is 0 Å². The molecule has 0 unspecified atom stereocenters. The minimum atomic E-state index is 0.682. The van der Waals surface area contributed by atoms with Gasteiger partial charge in [-0.25, -0.2) is 0 Å². The zero-order valence-corrected chi connectivity index (χ0v) is 8.29. The van der Waals surface area contributed by atoms with Crippen molar-refractivity contribution in [3.05, 3.63) is 24.3 Å². The summed E-state index contributed by atoms with van der Waals surface area (Å²) in [6.07, 6.45) is 0. The maximum atomic E-state index is 5.57. The van der Waals surface area contributed by atoms with Gasteiger partial charge in [0, 0.05) is 37.6 Å². The molecule has 0 aliphatic rings. The Morgan fingerprint density at radius 2 is 1.71 bits per heavy atom. The van der Waals surface area contributed by atoms with Crippen LogP contribution in [-0.2, 0) is 0 Å². The predicted molar refractivity (Wildman–Crippen MR) is 61.3 cm³/mol. The lowest BCUT2D eigenvalue weighted by atomic mass is 10.3. The van der Waals surface area contributed by atoms with E-state index in [1.54, 1.807) is 0 Å². The molecule has 0 aliphatic heterocycles. The second kappa shape index (κ2) is 6.23. The first-order valence-corrected chi connectivity index (χ1v) is 4.83. The SMILES string of the molecule is NCCNCCNc1ccc(N)cc1. The van der Waals surface area contributed by atoms with E-state index < -0.39 is 0 Å². The molecule has 4 heteroatoms. The molecule has 1 rings (SSSR count). The van der Waals surface area contributed by atoms with E-state index in [-0.39, 0.29) is 0 Å². The smallest absolute Gasteiger partial charge is 0.0342 e. The second-order valence-electron chi connectivity index (χ2n) is 3.09. The molecule has 1 aromatic carbocycles. The van der Waals surface area contributed by atoms with Crippen molar-refractivity contribution in [3.8, 4) is 0 Å². The zero-order chi connectivity index (χ0) is 10.2. The summed E-state index contributed by atoms with van der Waals surface area (Å²) in [5.74, 6) is 0. The first-order valence-electron chi connectivity index (χ1n) is 4.83. The van der Waals surface area contributed by atoms with E-state index in [0.717, 1.165) is 31.0 Å². The summed E-state index contributed by atoms with van der Waals surface area (Å²) in [7, 11) is 0. The summed E-state index contributed by atoms with van der Waals surface area (Å²) >= 11 is 0. The van der Waals surface area contributed by atoms with Crippen molar-refractivity contribution in [1.82, 2.24) is 5.32 Å². The lowest BCUT2D eigenvalue weighted by molar-refractivity contribution is 0.707. The molecule has 0 bridgehead atoms. The summed E-state index contributed by atoms with van der Waals surface area (Å²) in [6, 6.07) is 7.71. The van der Waals surface area contributed by atoms with Crippen LogP contribution in [0.5, 0.6) is 0 Å².